The summed E-state index contributed by atoms with van der Waals surface area (Å²) in [7, 11) is 1.70. The van der Waals surface area contributed by atoms with Crippen molar-refractivity contribution in [3.05, 3.63) is 62.2 Å². The lowest BCUT2D eigenvalue weighted by molar-refractivity contribution is 0.0461. The Kier molecular flexibility index (Phi) is 5.52. The van der Waals surface area contributed by atoms with Crippen LogP contribution in [0.4, 0.5) is 0 Å². The van der Waals surface area contributed by atoms with Crippen LogP contribution < -0.4 is 10.1 Å². The number of rotatable bonds is 4. The summed E-state index contributed by atoms with van der Waals surface area (Å²) in [4.78, 5) is 13.4. The van der Waals surface area contributed by atoms with E-state index in [9.17, 15) is 4.79 Å². The molecule has 1 saturated carbocycles. The van der Waals surface area contributed by atoms with Gasteiger partial charge in [-0.1, -0.05) is 43.2 Å². The molecule has 1 N–H and O–H groups in total. The van der Waals surface area contributed by atoms with Gasteiger partial charge in [0.05, 0.1) is 16.2 Å². The maximum absolute atomic E-state index is 13.4. The van der Waals surface area contributed by atoms with E-state index < -0.39 is 0 Å². The van der Waals surface area contributed by atoms with Crippen LogP contribution in [0.2, 0.25) is 0 Å². The third kappa shape index (κ3) is 3.25. The fourth-order valence-electron chi connectivity index (χ4n) is 6.17. The molecule has 0 amide bonds. The van der Waals surface area contributed by atoms with Crippen molar-refractivity contribution in [3.63, 3.8) is 0 Å². The zero-order valence-electron chi connectivity index (χ0n) is 17.4. The number of ether oxygens (including phenoxy) is 2. The summed E-state index contributed by atoms with van der Waals surface area (Å²) in [5, 5.41) is 3.77. The minimum Gasteiger partial charge on any atom is -0.496 e. The summed E-state index contributed by atoms with van der Waals surface area (Å²) in [5.41, 5.74) is 4.44. The highest BCUT2D eigenvalue weighted by Crippen LogP contribution is 2.55. The Morgan fingerprint density at radius 2 is 2.07 bits per heavy atom. The number of esters is 1. The number of hydrogen-bond acceptors (Lipinski definition) is 4. The Morgan fingerprint density at radius 1 is 1.23 bits per heavy atom. The van der Waals surface area contributed by atoms with Gasteiger partial charge in [0, 0.05) is 11.5 Å². The van der Waals surface area contributed by atoms with Crippen molar-refractivity contribution in [1.29, 1.82) is 0 Å². The first kappa shape index (κ1) is 20.3. The topological polar surface area (TPSA) is 47.6 Å². The lowest BCUT2D eigenvalue weighted by Gasteiger charge is -2.56. The largest absolute Gasteiger partial charge is 0.496 e. The molecule has 158 valence electrons. The third-order valence-electron chi connectivity index (χ3n) is 7.50. The first-order valence-electron chi connectivity index (χ1n) is 11.0. The number of carbonyl (C=O) groups is 1. The fourth-order valence-corrected chi connectivity index (χ4v) is 7.10. The van der Waals surface area contributed by atoms with E-state index in [2.05, 4.69) is 34.0 Å². The van der Waals surface area contributed by atoms with Crippen LogP contribution in [0.1, 0.15) is 59.2 Å². The zero-order valence-corrected chi connectivity index (χ0v) is 19.5. The van der Waals surface area contributed by atoms with Gasteiger partial charge in [0.25, 0.3) is 0 Å². The second-order valence-electron chi connectivity index (χ2n) is 8.88. The molecule has 1 heterocycles. The van der Waals surface area contributed by atoms with E-state index in [1.807, 2.05) is 30.3 Å². The first-order chi connectivity index (χ1) is 14.6. The van der Waals surface area contributed by atoms with Gasteiger partial charge in [-0.25, -0.2) is 4.79 Å². The molecule has 0 aromatic heterocycles. The summed E-state index contributed by atoms with van der Waals surface area (Å²) in [6.45, 7) is 1.35. The average molecular weight is 517 g/mol. The van der Waals surface area contributed by atoms with Crippen molar-refractivity contribution < 1.29 is 14.3 Å². The first-order valence-corrected chi connectivity index (χ1v) is 12.1. The predicted octanol–water partition coefficient (Wildman–Crippen LogP) is 5.00. The minimum atomic E-state index is -0.234. The van der Waals surface area contributed by atoms with Crippen molar-refractivity contribution >= 4 is 28.6 Å². The summed E-state index contributed by atoms with van der Waals surface area (Å²) < 4.78 is 12.4. The van der Waals surface area contributed by atoms with E-state index >= 15 is 0 Å². The number of benzene rings is 2. The predicted molar refractivity (Wildman–Crippen MR) is 125 cm³/mol. The van der Waals surface area contributed by atoms with E-state index in [1.165, 1.54) is 36.8 Å². The molecule has 30 heavy (non-hydrogen) atoms. The summed E-state index contributed by atoms with van der Waals surface area (Å²) >= 11 is 2.26. The van der Waals surface area contributed by atoms with Gasteiger partial charge in [0.2, 0.25) is 0 Å². The minimum absolute atomic E-state index is 0.174. The van der Waals surface area contributed by atoms with Crippen LogP contribution in [0.25, 0.3) is 0 Å². The molecule has 5 rings (SSSR count). The van der Waals surface area contributed by atoms with Gasteiger partial charge in [0.1, 0.15) is 12.4 Å². The van der Waals surface area contributed by atoms with Crippen molar-refractivity contribution in [2.75, 3.05) is 13.7 Å². The van der Waals surface area contributed by atoms with E-state index in [-0.39, 0.29) is 18.0 Å². The highest BCUT2D eigenvalue weighted by molar-refractivity contribution is 14.1. The van der Waals surface area contributed by atoms with Crippen LogP contribution in [-0.4, -0.2) is 25.7 Å². The quantitative estimate of drug-likeness (QED) is 0.458. The Hall–Kier alpha value is -1.60. The Morgan fingerprint density at radius 3 is 2.87 bits per heavy atom. The lowest BCUT2D eigenvalue weighted by Crippen LogP contribution is -2.59. The van der Waals surface area contributed by atoms with Crippen LogP contribution in [0.15, 0.2) is 36.4 Å². The van der Waals surface area contributed by atoms with E-state index in [4.69, 9.17) is 9.47 Å². The molecule has 2 aromatic carbocycles. The van der Waals surface area contributed by atoms with E-state index in [0.29, 0.717) is 12.0 Å². The van der Waals surface area contributed by atoms with Gasteiger partial charge < -0.3 is 14.8 Å². The molecule has 1 saturated heterocycles. The van der Waals surface area contributed by atoms with Gasteiger partial charge in [-0.05, 0) is 83.5 Å². The molecule has 2 bridgehead atoms. The van der Waals surface area contributed by atoms with Gasteiger partial charge in [0.15, 0.2) is 0 Å². The molecule has 5 heteroatoms. The summed E-state index contributed by atoms with van der Waals surface area (Å²) in [6, 6.07) is 12.6. The molecule has 2 aliphatic carbocycles. The molecular formula is C25H28INO3. The van der Waals surface area contributed by atoms with E-state index in [0.717, 1.165) is 39.8 Å². The van der Waals surface area contributed by atoms with Gasteiger partial charge in [-0.3, -0.25) is 0 Å². The van der Waals surface area contributed by atoms with Crippen molar-refractivity contribution in [2.24, 2.45) is 5.92 Å². The van der Waals surface area contributed by atoms with Crippen LogP contribution in [-0.2, 0) is 23.2 Å². The number of methoxy groups -OCH3 is 1. The normalized spacial score (nSPS) is 27.0. The molecule has 3 atom stereocenters. The number of piperidine rings is 1. The Labute approximate surface area is 191 Å². The highest BCUT2D eigenvalue weighted by Gasteiger charge is 2.52. The molecule has 0 spiro atoms. The zero-order chi connectivity index (χ0) is 20.7. The summed E-state index contributed by atoms with van der Waals surface area (Å²) in [6.07, 6.45) is 7.11. The van der Waals surface area contributed by atoms with Crippen molar-refractivity contribution in [1.82, 2.24) is 5.32 Å². The number of fused-ring (bicyclic) bond motifs is 1. The molecule has 2 aromatic rings. The van der Waals surface area contributed by atoms with E-state index in [1.54, 1.807) is 7.11 Å². The average Bonchev–Trinajstić information content (AvgIpc) is 2.78. The monoisotopic (exact) mass is 517 g/mol. The number of nitrogens with one attached hydrogen (secondary N) is 1. The smallest absolute Gasteiger partial charge is 0.339 e. The van der Waals surface area contributed by atoms with Gasteiger partial charge in [-0.15, -0.1) is 0 Å². The maximum atomic E-state index is 13.4. The molecule has 3 aliphatic rings. The number of hydrogen-bond donors (Lipinski definition) is 1. The maximum Gasteiger partial charge on any atom is 0.339 e. The van der Waals surface area contributed by atoms with Crippen LogP contribution in [0, 0.1) is 9.49 Å². The van der Waals surface area contributed by atoms with Crippen molar-refractivity contribution in [3.8, 4) is 5.75 Å². The second kappa shape index (κ2) is 8.15. The standard InChI is InChI=1S/C25H28INO3/c1-29-21-14-19-17(13-20-18-9-5-6-10-25(18,19)11-12-27-20)22(23(21)26)24(28)30-15-16-7-3-2-4-8-16/h2-4,7-8,14,18,20,27H,5-6,9-13,15H2,1H3/t18-,20+,25+/m0/s1. The third-order valence-corrected chi connectivity index (χ3v) is 8.57. The SMILES string of the molecule is COc1cc2c(c(C(=O)OCc3ccccc3)c1I)C[C@H]1NCC[C@@]23CCCC[C@@H]13. The molecule has 0 radical (unpaired) electrons. The van der Waals surface area contributed by atoms with Gasteiger partial charge >= 0.3 is 5.97 Å². The Bertz CT molecular complexity index is 957. The van der Waals surface area contributed by atoms with Crippen LogP contribution >= 0.6 is 22.6 Å². The second-order valence-corrected chi connectivity index (χ2v) is 9.96. The summed E-state index contributed by atoms with van der Waals surface area (Å²) in [5.74, 6) is 1.23. The molecule has 2 fully saturated rings. The molecular weight excluding hydrogens is 489 g/mol. The number of carbonyl (C=O) groups excluding carboxylic acids is 1. The number of halogens is 1. The Balaban J connectivity index is 1.58. The van der Waals surface area contributed by atoms with Crippen LogP contribution in [0.3, 0.4) is 0 Å². The highest BCUT2D eigenvalue weighted by atomic mass is 127. The van der Waals surface area contributed by atoms with Crippen LogP contribution in [0.5, 0.6) is 5.75 Å². The molecule has 1 aliphatic heterocycles. The fraction of sp³-hybridized carbons (Fsp3) is 0.480. The molecule has 0 unspecified atom stereocenters. The molecule has 4 nitrogen and oxygen atoms in total. The van der Waals surface area contributed by atoms with Gasteiger partial charge in [-0.2, -0.15) is 0 Å². The van der Waals surface area contributed by atoms with Crippen molar-refractivity contribution in [2.45, 2.75) is 56.6 Å². The lowest BCUT2D eigenvalue weighted by atomic mass is 9.52.